The molecule has 9 nitrogen and oxygen atoms in total. The van der Waals surface area contributed by atoms with Gasteiger partial charge >= 0.3 is 0 Å². The predicted molar refractivity (Wildman–Crippen MR) is 128 cm³/mol. The molecule has 1 amide bonds. The summed E-state index contributed by atoms with van der Waals surface area (Å²) in [4.78, 5) is 12.3. The highest BCUT2D eigenvalue weighted by Crippen LogP contribution is 2.19. The van der Waals surface area contributed by atoms with Gasteiger partial charge in [0.2, 0.25) is 10.0 Å². The molecule has 0 aliphatic carbocycles. The van der Waals surface area contributed by atoms with Gasteiger partial charge in [-0.15, -0.1) is 0 Å². The highest BCUT2D eigenvalue weighted by Gasteiger charge is 2.17. The van der Waals surface area contributed by atoms with E-state index in [1.54, 1.807) is 42.5 Å². The number of benzene rings is 3. The molecule has 3 aromatic rings. The topological polar surface area (TPSA) is 122 Å². The van der Waals surface area contributed by atoms with Crippen LogP contribution in [0.2, 0.25) is 0 Å². The summed E-state index contributed by atoms with van der Waals surface area (Å²) in [5.74, 6) is -0.0421. The molecule has 0 atom stereocenters. The van der Waals surface area contributed by atoms with E-state index in [4.69, 9.17) is 4.74 Å². The maximum atomic E-state index is 12.5. The number of rotatable bonds is 10. The van der Waals surface area contributed by atoms with E-state index in [9.17, 15) is 21.6 Å². The van der Waals surface area contributed by atoms with Crippen LogP contribution in [0.3, 0.4) is 0 Å². The maximum absolute atomic E-state index is 12.5. The Morgan fingerprint density at radius 2 is 1.41 bits per heavy atom. The molecule has 0 unspecified atom stereocenters. The van der Waals surface area contributed by atoms with Crippen LogP contribution in [0, 0.1) is 0 Å². The first-order chi connectivity index (χ1) is 16.1. The summed E-state index contributed by atoms with van der Waals surface area (Å²) < 4.78 is 58.1. The van der Waals surface area contributed by atoms with Crippen LogP contribution in [0.25, 0.3) is 0 Å². The summed E-state index contributed by atoms with van der Waals surface area (Å²) in [7, 11) is -4.34. The standard InChI is InChI=1S/C23H25N3O6S2/c1-26(2)34(30,31)22-12-8-18(9-13-22)16-24-23(27)17-32-20-10-14-21(15-11-20)33(28,29)25-19-6-4-3-5-7-19/h3-15,25H,16-17H2,1-2H3,(H,24,27). The van der Waals surface area contributed by atoms with Gasteiger partial charge in [-0.05, 0) is 54.1 Å². The van der Waals surface area contributed by atoms with Gasteiger partial charge in [0.1, 0.15) is 5.75 Å². The summed E-state index contributed by atoms with van der Waals surface area (Å²) in [6, 6.07) is 20.5. The first kappa shape index (κ1) is 25.2. The average Bonchev–Trinajstić information content (AvgIpc) is 2.82. The Hall–Kier alpha value is -3.41. The number of anilines is 1. The number of hydrogen-bond acceptors (Lipinski definition) is 6. The third-order valence-electron chi connectivity index (χ3n) is 4.72. The van der Waals surface area contributed by atoms with Crippen molar-refractivity contribution in [2.45, 2.75) is 16.3 Å². The van der Waals surface area contributed by atoms with Crippen LogP contribution in [-0.4, -0.2) is 47.8 Å². The molecule has 0 heterocycles. The van der Waals surface area contributed by atoms with Crippen molar-refractivity contribution < 1.29 is 26.4 Å². The average molecular weight is 504 g/mol. The number of para-hydroxylation sites is 1. The molecule has 0 bridgehead atoms. The largest absolute Gasteiger partial charge is 0.484 e. The van der Waals surface area contributed by atoms with Crippen LogP contribution in [0.4, 0.5) is 5.69 Å². The summed E-state index contributed by atoms with van der Waals surface area (Å²) in [6.07, 6.45) is 0. The molecule has 0 spiro atoms. The van der Waals surface area contributed by atoms with E-state index in [0.717, 1.165) is 9.87 Å². The monoisotopic (exact) mass is 503 g/mol. The molecule has 0 saturated heterocycles. The van der Waals surface area contributed by atoms with Gasteiger partial charge in [0.05, 0.1) is 9.79 Å². The van der Waals surface area contributed by atoms with E-state index < -0.39 is 20.0 Å². The first-order valence-corrected chi connectivity index (χ1v) is 13.1. The molecule has 3 aromatic carbocycles. The lowest BCUT2D eigenvalue weighted by Crippen LogP contribution is -2.28. The van der Waals surface area contributed by atoms with Crippen LogP contribution in [-0.2, 0) is 31.4 Å². The number of nitrogens with zero attached hydrogens (tertiary/aromatic N) is 1. The van der Waals surface area contributed by atoms with Gasteiger partial charge in [-0.25, -0.2) is 21.1 Å². The molecular weight excluding hydrogens is 478 g/mol. The Morgan fingerprint density at radius 1 is 0.824 bits per heavy atom. The molecule has 2 N–H and O–H groups in total. The van der Waals surface area contributed by atoms with Gasteiger partial charge < -0.3 is 10.1 Å². The number of amides is 1. The fraction of sp³-hybridized carbons (Fsp3) is 0.174. The summed E-state index contributed by atoms with van der Waals surface area (Å²) in [5, 5.41) is 2.68. The minimum Gasteiger partial charge on any atom is -0.484 e. The molecule has 180 valence electrons. The van der Waals surface area contributed by atoms with E-state index in [-0.39, 0.29) is 28.8 Å². The second kappa shape index (κ2) is 10.7. The van der Waals surface area contributed by atoms with Crippen LogP contribution in [0.15, 0.2) is 88.7 Å². The van der Waals surface area contributed by atoms with Gasteiger partial charge in [0.25, 0.3) is 15.9 Å². The Kier molecular flexibility index (Phi) is 7.92. The molecule has 11 heteroatoms. The van der Waals surface area contributed by atoms with E-state index in [2.05, 4.69) is 10.0 Å². The minimum atomic E-state index is -3.74. The molecule has 34 heavy (non-hydrogen) atoms. The van der Waals surface area contributed by atoms with E-state index in [1.165, 1.54) is 50.5 Å². The number of nitrogens with one attached hydrogen (secondary N) is 2. The van der Waals surface area contributed by atoms with Crippen molar-refractivity contribution in [3.63, 3.8) is 0 Å². The molecule has 0 radical (unpaired) electrons. The molecule has 0 fully saturated rings. The van der Waals surface area contributed by atoms with Gasteiger partial charge in [-0.1, -0.05) is 30.3 Å². The third kappa shape index (κ3) is 6.56. The van der Waals surface area contributed by atoms with Crippen LogP contribution in [0.5, 0.6) is 5.75 Å². The molecule has 0 aromatic heterocycles. The van der Waals surface area contributed by atoms with Crippen molar-refractivity contribution in [1.29, 1.82) is 0 Å². The second-order valence-corrected chi connectivity index (χ2v) is 11.3. The van der Waals surface area contributed by atoms with Crippen LogP contribution < -0.4 is 14.8 Å². The zero-order chi connectivity index (χ0) is 24.8. The van der Waals surface area contributed by atoms with E-state index in [0.29, 0.717) is 11.4 Å². The van der Waals surface area contributed by atoms with Gasteiger partial charge in [-0.2, -0.15) is 0 Å². The predicted octanol–water partition coefficient (Wildman–Crippen LogP) is 2.43. The lowest BCUT2D eigenvalue weighted by Gasteiger charge is -2.12. The normalized spacial score (nSPS) is 11.7. The van der Waals surface area contributed by atoms with Gasteiger partial charge in [0.15, 0.2) is 6.61 Å². The number of carbonyl (C=O) groups excluding carboxylic acids is 1. The Morgan fingerprint density at radius 3 is 2.00 bits per heavy atom. The Bertz CT molecular complexity index is 1320. The Balaban J connectivity index is 1.49. The molecular formula is C23H25N3O6S2. The quantitative estimate of drug-likeness (QED) is 0.438. The maximum Gasteiger partial charge on any atom is 0.261 e. The van der Waals surface area contributed by atoms with Crippen molar-refractivity contribution in [3.8, 4) is 5.75 Å². The van der Waals surface area contributed by atoms with Gasteiger partial charge in [-0.3, -0.25) is 9.52 Å². The van der Waals surface area contributed by atoms with Crippen molar-refractivity contribution in [1.82, 2.24) is 9.62 Å². The molecule has 3 rings (SSSR count). The molecule has 0 aliphatic rings. The smallest absolute Gasteiger partial charge is 0.261 e. The Labute approximate surface area is 199 Å². The van der Waals surface area contributed by atoms with Crippen molar-refractivity contribution in [2.75, 3.05) is 25.4 Å². The van der Waals surface area contributed by atoms with Crippen LogP contribution >= 0.6 is 0 Å². The summed E-state index contributed by atoms with van der Waals surface area (Å²) in [6.45, 7) is -0.0612. The van der Waals surface area contributed by atoms with Crippen molar-refractivity contribution in [3.05, 3.63) is 84.4 Å². The van der Waals surface area contributed by atoms with E-state index >= 15 is 0 Å². The van der Waals surface area contributed by atoms with E-state index in [1.807, 2.05) is 0 Å². The molecule has 0 aliphatic heterocycles. The number of sulfonamides is 2. The van der Waals surface area contributed by atoms with Crippen molar-refractivity contribution in [2.24, 2.45) is 0 Å². The molecule has 0 saturated carbocycles. The first-order valence-electron chi connectivity index (χ1n) is 10.2. The summed E-state index contributed by atoms with van der Waals surface area (Å²) >= 11 is 0. The highest BCUT2D eigenvalue weighted by molar-refractivity contribution is 7.92. The minimum absolute atomic E-state index is 0.0629. The highest BCUT2D eigenvalue weighted by atomic mass is 32.2. The number of hydrogen-bond donors (Lipinski definition) is 2. The lowest BCUT2D eigenvalue weighted by molar-refractivity contribution is -0.123. The SMILES string of the molecule is CN(C)S(=O)(=O)c1ccc(CNC(=O)COc2ccc(S(=O)(=O)Nc3ccccc3)cc2)cc1. The van der Waals surface area contributed by atoms with Gasteiger partial charge in [0, 0.05) is 26.3 Å². The second-order valence-electron chi connectivity index (χ2n) is 7.44. The zero-order valence-corrected chi connectivity index (χ0v) is 20.3. The number of ether oxygens (including phenoxy) is 1. The van der Waals surface area contributed by atoms with Crippen molar-refractivity contribution >= 4 is 31.6 Å². The fourth-order valence-electron chi connectivity index (χ4n) is 2.83. The summed E-state index contributed by atoms with van der Waals surface area (Å²) in [5.41, 5.74) is 1.18. The number of carbonyl (C=O) groups is 1. The zero-order valence-electron chi connectivity index (χ0n) is 18.6. The fourth-order valence-corrected chi connectivity index (χ4v) is 4.79. The third-order valence-corrected chi connectivity index (χ3v) is 7.95. The van der Waals surface area contributed by atoms with Crippen LogP contribution in [0.1, 0.15) is 5.56 Å². The lowest BCUT2D eigenvalue weighted by atomic mass is 10.2.